The van der Waals surface area contributed by atoms with Gasteiger partial charge in [0.2, 0.25) is 0 Å². The van der Waals surface area contributed by atoms with Gasteiger partial charge in [0, 0.05) is 11.1 Å². The van der Waals surface area contributed by atoms with Crippen LogP contribution in [0.2, 0.25) is 0 Å². The van der Waals surface area contributed by atoms with E-state index in [2.05, 4.69) is 15.0 Å². The molecule has 1 N–H and O–H groups in total. The van der Waals surface area contributed by atoms with Gasteiger partial charge in [0.05, 0.1) is 7.11 Å². The van der Waals surface area contributed by atoms with Crippen LogP contribution in [0.25, 0.3) is 22.8 Å². The third kappa shape index (κ3) is 2.99. The normalized spacial score (nSPS) is 10.6. The number of benzene rings is 2. The molecule has 0 radical (unpaired) electrons. The zero-order valence-corrected chi connectivity index (χ0v) is 13.2. The van der Waals surface area contributed by atoms with Crippen LogP contribution in [0.4, 0.5) is 0 Å². The minimum absolute atomic E-state index is 0.288. The topological polar surface area (TPSA) is 68.1 Å². The molecule has 5 heteroatoms. The van der Waals surface area contributed by atoms with Gasteiger partial charge in [-0.15, -0.1) is 0 Å². The molecule has 0 fully saturated rings. The molecule has 0 bridgehead atoms. The minimum atomic E-state index is -0.288. The molecule has 3 aromatic rings. The van der Waals surface area contributed by atoms with Crippen LogP contribution in [0.3, 0.4) is 0 Å². The van der Waals surface area contributed by atoms with Crippen LogP contribution in [-0.4, -0.2) is 27.2 Å². The largest absolute Gasteiger partial charge is 0.497 e. The van der Waals surface area contributed by atoms with Crippen molar-refractivity contribution < 1.29 is 9.84 Å². The third-order valence-electron chi connectivity index (χ3n) is 3.68. The Labute approximate surface area is 134 Å². The van der Waals surface area contributed by atoms with Crippen molar-refractivity contribution in [2.24, 2.45) is 0 Å². The Morgan fingerprint density at radius 1 is 0.826 bits per heavy atom. The van der Waals surface area contributed by atoms with Gasteiger partial charge in [-0.05, 0) is 49.2 Å². The first-order chi connectivity index (χ1) is 11.1. The molecule has 23 heavy (non-hydrogen) atoms. The molecule has 116 valence electrons. The highest BCUT2D eigenvalue weighted by Gasteiger charge is 2.13. The van der Waals surface area contributed by atoms with E-state index in [4.69, 9.17) is 4.74 Å². The lowest BCUT2D eigenvalue weighted by atomic mass is 10.0. The van der Waals surface area contributed by atoms with Crippen LogP contribution in [0.5, 0.6) is 11.8 Å². The molecule has 1 heterocycles. The second kappa shape index (κ2) is 6.04. The fourth-order valence-electron chi connectivity index (χ4n) is 2.51. The van der Waals surface area contributed by atoms with E-state index in [0.717, 1.165) is 28.0 Å². The minimum Gasteiger partial charge on any atom is -0.497 e. The maximum Gasteiger partial charge on any atom is 0.318 e. The molecule has 0 aliphatic carbocycles. The predicted molar refractivity (Wildman–Crippen MR) is 88.4 cm³/mol. The first-order valence-corrected chi connectivity index (χ1v) is 7.24. The lowest BCUT2D eigenvalue weighted by Gasteiger charge is -2.10. The summed E-state index contributed by atoms with van der Waals surface area (Å²) in [5.41, 5.74) is 3.81. The van der Waals surface area contributed by atoms with Gasteiger partial charge in [-0.3, -0.25) is 0 Å². The summed E-state index contributed by atoms with van der Waals surface area (Å²) < 4.78 is 5.15. The molecule has 0 saturated heterocycles. The summed E-state index contributed by atoms with van der Waals surface area (Å²) >= 11 is 0. The number of methoxy groups -OCH3 is 1. The molecule has 1 aromatic heterocycles. The molecule has 2 aromatic carbocycles. The van der Waals surface area contributed by atoms with Gasteiger partial charge in [-0.25, -0.2) is 4.98 Å². The quantitative estimate of drug-likeness (QED) is 0.801. The number of hydrogen-bond donors (Lipinski definition) is 1. The first kappa shape index (κ1) is 15.0. The molecule has 0 aliphatic rings. The van der Waals surface area contributed by atoms with Crippen molar-refractivity contribution in [2.45, 2.75) is 13.8 Å². The van der Waals surface area contributed by atoms with Crippen LogP contribution in [0, 0.1) is 13.8 Å². The maximum absolute atomic E-state index is 9.91. The number of rotatable bonds is 3. The third-order valence-corrected chi connectivity index (χ3v) is 3.68. The summed E-state index contributed by atoms with van der Waals surface area (Å²) in [6.07, 6.45) is 0. The van der Waals surface area contributed by atoms with E-state index in [1.54, 1.807) is 7.11 Å². The Bertz CT molecular complexity index is 825. The summed E-state index contributed by atoms with van der Waals surface area (Å²) in [7, 11) is 1.61. The monoisotopic (exact) mass is 307 g/mol. The highest BCUT2D eigenvalue weighted by Crippen LogP contribution is 2.27. The fraction of sp³-hybridized carbons (Fsp3) is 0.167. The Hall–Kier alpha value is -2.95. The summed E-state index contributed by atoms with van der Waals surface area (Å²) in [4.78, 5) is 12.7. The molecule has 0 amide bonds. The van der Waals surface area contributed by atoms with Crippen LogP contribution < -0.4 is 4.74 Å². The van der Waals surface area contributed by atoms with Gasteiger partial charge >= 0.3 is 6.01 Å². The molecule has 5 nitrogen and oxygen atoms in total. The van der Waals surface area contributed by atoms with E-state index >= 15 is 0 Å². The fourth-order valence-corrected chi connectivity index (χ4v) is 2.51. The van der Waals surface area contributed by atoms with Crippen molar-refractivity contribution in [2.75, 3.05) is 7.11 Å². The standard InChI is InChI=1S/C18H17N3O2/c1-11-5-4-6-12(2)15(11)17-19-16(20-18(22)21-17)13-7-9-14(23-3)10-8-13/h4-10H,1-3H3,(H,19,20,21,22). The van der Waals surface area contributed by atoms with Crippen LogP contribution in [0.15, 0.2) is 42.5 Å². The molecule has 0 atom stereocenters. The van der Waals surface area contributed by atoms with Crippen LogP contribution in [0.1, 0.15) is 11.1 Å². The molecule has 0 unspecified atom stereocenters. The number of nitrogens with zero attached hydrogens (tertiary/aromatic N) is 3. The van der Waals surface area contributed by atoms with Crippen LogP contribution >= 0.6 is 0 Å². The van der Waals surface area contributed by atoms with Crippen molar-refractivity contribution in [3.05, 3.63) is 53.6 Å². The molecule has 0 aliphatic heterocycles. The summed E-state index contributed by atoms with van der Waals surface area (Å²) in [5.74, 6) is 1.65. The second-order valence-electron chi connectivity index (χ2n) is 5.28. The van der Waals surface area contributed by atoms with Gasteiger partial charge in [-0.1, -0.05) is 18.2 Å². The number of ether oxygens (including phenoxy) is 1. The SMILES string of the molecule is COc1ccc(-c2nc(O)nc(-c3c(C)cccc3C)n2)cc1. The van der Waals surface area contributed by atoms with Crippen molar-refractivity contribution in [3.63, 3.8) is 0 Å². The molecule has 3 rings (SSSR count). The van der Waals surface area contributed by atoms with E-state index in [0.29, 0.717) is 11.6 Å². The number of aromatic hydroxyl groups is 1. The van der Waals surface area contributed by atoms with Crippen molar-refractivity contribution in [1.29, 1.82) is 0 Å². The zero-order chi connectivity index (χ0) is 16.4. The van der Waals surface area contributed by atoms with E-state index in [1.807, 2.05) is 56.3 Å². The highest BCUT2D eigenvalue weighted by atomic mass is 16.5. The van der Waals surface area contributed by atoms with Gasteiger partial charge < -0.3 is 9.84 Å². The van der Waals surface area contributed by atoms with E-state index in [9.17, 15) is 5.11 Å². The summed E-state index contributed by atoms with van der Waals surface area (Å²) in [5, 5.41) is 9.91. The number of hydrogen-bond acceptors (Lipinski definition) is 5. The lowest BCUT2D eigenvalue weighted by molar-refractivity contribution is 0.415. The number of aryl methyl sites for hydroxylation is 2. The smallest absolute Gasteiger partial charge is 0.318 e. The van der Waals surface area contributed by atoms with E-state index in [-0.39, 0.29) is 6.01 Å². The molecule has 0 saturated carbocycles. The summed E-state index contributed by atoms with van der Waals surface area (Å²) in [6.45, 7) is 3.99. The van der Waals surface area contributed by atoms with Gasteiger partial charge in [-0.2, -0.15) is 9.97 Å². The van der Waals surface area contributed by atoms with E-state index in [1.165, 1.54) is 0 Å². The van der Waals surface area contributed by atoms with Crippen LogP contribution in [-0.2, 0) is 0 Å². The molecule has 0 spiro atoms. The van der Waals surface area contributed by atoms with Gasteiger partial charge in [0.1, 0.15) is 5.75 Å². The zero-order valence-electron chi connectivity index (χ0n) is 13.2. The van der Waals surface area contributed by atoms with E-state index < -0.39 is 0 Å². The van der Waals surface area contributed by atoms with Crippen molar-refractivity contribution in [1.82, 2.24) is 15.0 Å². The van der Waals surface area contributed by atoms with Crippen molar-refractivity contribution in [3.8, 4) is 34.5 Å². The van der Waals surface area contributed by atoms with Gasteiger partial charge in [0.15, 0.2) is 11.6 Å². The lowest BCUT2D eigenvalue weighted by Crippen LogP contribution is -1.99. The average molecular weight is 307 g/mol. The molecular formula is C18H17N3O2. The Balaban J connectivity index is 2.12. The Kier molecular flexibility index (Phi) is 3.93. The summed E-state index contributed by atoms with van der Waals surface area (Å²) in [6, 6.07) is 13.0. The number of aromatic nitrogens is 3. The van der Waals surface area contributed by atoms with Gasteiger partial charge in [0.25, 0.3) is 0 Å². The maximum atomic E-state index is 9.91. The second-order valence-corrected chi connectivity index (χ2v) is 5.28. The Morgan fingerprint density at radius 2 is 1.43 bits per heavy atom. The van der Waals surface area contributed by atoms with Crippen molar-refractivity contribution >= 4 is 0 Å². The Morgan fingerprint density at radius 3 is 2.04 bits per heavy atom. The average Bonchev–Trinajstić information content (AvgIpc) is 2.54. The molecular weight excluding hydrogens is 290 g/mol. The predicted octanol–water partition coefficient (Wildman–Crippen LogP) is 3.54. The highest BCUT2D eigenvalue weighted by molar-refractivity contribution is 5.67. The first-order valence-electron chi connectivity index (χ1n) is 7.24.